The SMILES string of the molecule is CC(=O)N1CCC(Nc2cc(C(=O)NC[C@H](O)CN3CCc4ccncc4C3)ccn2)CC1. The Balaban J connectivity index is 1.23. The average molecular weight is 453 g/mol. The van der Waals surface area contributed by atoms with E-state index >= 15 is 0 Å². The summed E-state index contributed by atoms with van der Waals surface area (Å²) in [5.41, 5.74) is 3.01. The van der Waals surface area contributed by atoms with Gasteiger partial charge >= 0.3 is 0 Å². The molecule has 1 atom stereocenters. The van der Waals surface area contributed by atoms with Gasteiger partial charge in [0.15, 0.2) is 0 Å². The van der Waals surface area contributed by atoms with Crippen LogP contribution in [0, 0.1) is 0 Å². The summed E-state index contributed by atoms with van der Waals surface area (Å²) in [4.78, 5) is 36.7. The Morgan fingerprint density at radius 2 is 2.00 bits per heavy atom. The number of piperidine rings is 1. The van der Waals surface area contributed by atoms with Crippen LogP contribution in [-0.4, -0.2) is 81.6 Å². The number of carbonyl (C=O) groups is 2. The van der Waals surface area contributed by atoms with Crippen molar-refractivity contribution in [3.05, 3.63) is 53.5 Å². The summed E-state index contributed by atoms with van der Waals surface area (Å²) >= 11 is 0. The Morgan fingerprint density at radius 3 is 2.79 bits per heavy atom. The number of likely N-dealkylation sites (tertiary alicyclic amines) is 1. The molecule has 2 amide bonds. The van der Waals surface area contributed by atoms with E-state index in [2.05, 4.69) is 31.6 Å². The van der Waals surface area contributed by atoms with Gasteiger partial charge in [-0.05, 0) is 48.6 Å². The van der Waals surface area contributed by atoms with Gasteiger partial charge in [-0.3, -0.25) is 19.5 Å². The van der Waals surface area contributed by atoms with E-state index in [0.29, 0.717) is 17.9 Å². The lowest BCUT2D eigenvalue weighted by atomic mass is 10.0. The van der Waals surface area contributed by atoms with Crippen LogP contribution in [-0.2, 0) is 17.8 Å². The van der Waals surface area contributed by atoms with E-state index in [1.807, 2.05) is 17.3 Å². The summed E-state index contributed by atoms with van der Waals surface area (Å²) in [6, 6.07) is 5.67. The number of hydrogen-bond donors (Lipinski definition) is 3. The fourth-order valence-corrected chi connectivity index (χ4v) is 4.47. The molecule has 4 heterocycles. The van der Waals surface area contributed by atoms with Gasteiger partial charge in [0.1, 0.15) is 5.82 Å². The van der Waals surface area contributed by atoms with Crippen LogP contribution in [0.5, 0.6) is 0 Å². The van der Waals surface area contributed by atoms with E-state index in [1.165, 1.54) is 11.1 Å². The first-order chi connectivity index (χ1) is 16.0. The van der Waals surface area contributed by atoms with Gasteiger partial charge < -0.3 is 20.6 Å². The van der Waals surface area contributed by atoms with Crippen molar-refractivity contribution < 1.29 is 14.7 Å². The molecule has 2 aromatic rings. The number of aliphatic hydroxyl groups excluding tert-OH is 1. The van der Waals surface area contributed by atoms with Gasteiger partial charge in [0.2, 0.25) is 5.91 Å². The van der Waals surface area contributed by atoms with Gasteiger partial charge in [0.25, 0.3) is 5.91 Å². The van der Waals surface area contributed by atoms with Gasteiger partial charge in [0, 0.05) is 76.4 Å². The molecule has 0 saturated carbocycles. The Kier molecular flexibility index (Phi) is 7.51. The van der Waals surface area contributed by atoms with Crippen molar-refractivity contribution in [2.45, 2.75) is 44.9 Å². The fourth-order valence-electron chi connectivity index (χ4n) is 4.47. The van der Waals surface area contributed by atoms with E-state index in [0.717, 1.165) is 45.4 Å². The zero-order valence-corrected chi connectivity index (χ0v) is 19.0. The lowest BCUT2D eigenvalue weighted by Gasteiger charge is -2.32. The number of carbonyl (C=O) groups excluding carboxylic acids is 2. The molecule has 0 aromatic carbocycles. The number of fused-ring (bicyclic) bond motifs is 1. The van der Waals surface area contributed by atoms with Gasteiger partial charge in [-0.2, -0.15) is 0 Å². The van der Waals surface area contributed by atoms with Crippen LogP contribution in [0.25, 0.3) is 0 Å². The van der Waals surface area contributed by atoms with E-state index in [4.69, 9.17) is 0 Å². The maximum Gasteiger partial charge on any atom is 0.251 e. The third kappa shape index (κ3) is 6.27. The van der Waals surface area contributed by atoms with Gasteiger partial charge in [0.05, 0.1) is 6.10 Å². The van der Waals surface area contributed by atoms with E-state index in [9.17, 15) is 14.7 Å². The second kappa shape index (κ2) is 10.7. The van der Waals surface area contributed by atoms with E-state index in [-0.39, 0.29) is 24.4 Å². The summed E-state index contributed by atoms with van der Waals surface area (Å²) in [6.45, 7) is 5.37. The highest BCUT2D eigenvalue weighted by Gasteiger charge is 2.22. The molecule has 0 radical (unpaired) electrons. The zero-order chi connectivity index (χ0) is 23.2. The van der Waals surface area contributed by atoms with Gasteiger partial charge in [-0.15, -0.1) is 0 Å². The Bertz CT molecular complexity index is 976. The molecule has 2 aliphatic heterocycles. The minimum atomic E-state index is -0.655. The van der Waals surface area contributed by atoms with Crippen LogP contribution in [0.4, 0.5) is 5.82 Å². The third-order valence-electron chi connectivity index (χ3n) is 6.38. The summed E-state index contributed by atoms with van der Waals surface area (Å²) in [5, 5.41) is 16.7. The molecule has 0 bridgehead atoms. The molecular weight excluding hydrogens is 420 g/mol. The molecule has 2 aliphatic rings. The molecule has 2 aromatic heterocycles. The monoisotopic (exact) mass is 452 g/mol. The van der Waals surface area contributed by atoms with Crippen molar-refractivity contribution in [2.75, 3.05) is 38.0 Å². The predicted molar refractivity (Wildman–Crippen MR) is 125 cm³/mol. The number of aliphatic hydroxyl groups is 1. The average Bonchev–Trinajstić information content (AvgIpc) is 2.83. The molecular formula is C24H32N6O3. The highest BCUT2D eigenvalue weighted by molar-refractivity contribution is 5.94. The highest BCUT2D eigenvalue weighted by atomic mass is 16.3. The summed E-state index contributed by atoms with van der Waals surface area (Å²) in [7, 11) is 0. The summed E-state index contributed by atoms with van der Waals surface area (Å²) < 4.78 is 0. The zero-order valence-electron chi connectivity index (χ0n) is 19.0. The number of anilines is 1. The lowest BCUT2D eigenvalue weighted by molar-refractivity contribution is -0.129. The lowest BCUT2D eigenvalue weighted by Crippen LogP contribution is -2.42. The first-order valence-corrected chi connectivity index (χ1v) is 11.6. The first-order valence-electron chi connectivity index (χ1n) is 11.6. The maximum absolute atomic E-state index is 12.6. The van der Waals surface area contributed by atoms with Gasteiger partial charge in [-0.1, -0.05) is 0 Å². The molecule has 33 heavy (non-hydrogen) atoms. The number of amides is 2. The number of β-amino-alcohol motifs (C(OH)–C–C–N with tert-alkyl or cyclic N) is 1. The number of pyridine rings is 2. The van der Waals surface area contributed by atoms with Crippen LogP contribution in [0.2, 0.25) is 0 Å². The number of nitrogens with one attached hydrogen (secondary N) is 2. The number of aromatic nitrogens is 2. The van der Waals surface area contributed by atoms with Gasteiger partial charge in [-0.25, -0.2) is 4.98 Å². The number of hydrogen-bond acceptors (Lipinski definition) is 7. The molecule has 4 rings (SSSR count). The minimum Gasteiger partial charge on any atom is -0.390 e. The Morgan fingerprint density at radius 1 is 1.18 bits per heavy atom. The van der Waals surface area contributed by atoms with Crippen molar-refractivity contribution in [1.29, 1.82) is 0 Å². The van der Waals surface area contributed by atoms with Crippen LogP contribution in [0.15, 0.2) is 36.8 Å². The molecule has 176 valence electrons. The molecule has 1 fully saturated rings. The van der Waals surface area contributed by atoms with E-state index in [1.54, 1.807) is 25.3 Å². The molecule has 9 nitrogen and oxygen atoms in total. The Hall–Kier alpha value is -3.04. The molecule has 1 saturated heterocycles. The quantitative estimate of drug-likeness (QED) is 0.576. The number of nitrogens with zero attached hydrogens (tertiary/aromatic N) is 4. The van der Waals surface area contributed by atoms with Crippen LogP contribution >= 0.6 is 0 Å². The standard InChI is InChI=1S/C24H32N6O3/c1-17(31)30-10-5-21(6-11-30)28-23-12-19(3-8-26-23)24(33)27-14-22(32)16-29-9-4-18-2-7-25-13-20(18)15-29/h2-3,7-8,12-13,21-22,32H,4-6,9-11,14-16H2,1H3,(H,26,28)(H,27,33)/t22-/m0/s1. The highest BCUT2D eigenvalue weighted by Crippen LogP contribution is 2.18. The summed E-state index contributed by atoms with van der Waals surface area (Å²) in [5.74, 6) is 0.513. The van der Waals surface area contributed by atoms with Crippen LogP contribution < -0.4 is 10.6 Å². The molecule has 3 N–H and O–H groups in total. The van der Waals surface area contributed by atoms with Crippen LogP contribution in [0.1, 0.15) is 41.3 Å². The third-order valence-corrected chi connectivity index (χ3v) is 6.38. The topological polar surface area (TPSA) is 111 Å². The van der Waals surface area contributed by atoms with Crippen molar-refractivity contribution in [3.63, 3.8) is 0 Å². The first kappa shape index (κ1) is 23.1. The van der Waals surface area contributed by atoms with Crippen LogP contribution in [0.3, 0.4) is 0 Å². The second-order valence-electron chi connectivity index (χ2n) is 8.85. The van der Waals surface area contributed by atoms with Crippen molar-refractivity contribution in [2.24, 2.45) is 0 Å². The summed E-state index contributed by atoms with van der Waals surface area (Å²) in [6.07, 6.45) is 7.29. The smallest absolute Gasteiger partial charge is 0.251 e. The Labute approximate surface area is 194 Å². The normalized spacial score (nSPS) is 17.8. The fraction of sp³-hybridized carbons (Fsp3) is 0.500. The minimum absolute atomic E-state index is 0.106. The molecule has 0 unspecified atom stereocenters. The van der Waals surface area contributed by atoms with Crippen molar-refractivity contribution in [3.8, 4) is 0 Å². The second-order valence-corrected chi connectivity index (χ2v) is 8.85. The predicted octanol–water partition coefficient (Wildman–Crippen LogP) is 1.05. The van der Waals surface area contributed by atoms with Crippen molar-refractivity contribution in [1.82, 2.24) is 25.1 Å². The maximum atomic E-state index is 12.6. The molecule has 0 spiro atoms. The molecule has 0 aliphatic carbocycles. The molecule has 9 heteroatoms. The van der Waals surface area contributed by atoms with Crippen molar-refractivity contribution >= 4 is 17.6 Å². The van der Waals surface area contributed by atoms with E-state index < -0.39 is 6.10 Å². The largest absolute Gasteiger partial charge is 0.390 e. The number of rotatable bonds is 7.